The van der Waals surface area contributed by atoms with E-state index in [9.17, 15) is 0 Å². The summed E-state index contributed by atoms with van der Waals surface area (Å²) >= 11 is 1.46. The Hall–Kier alpha value is -2.05. The fraction of sp³-hybridized carbons (Fsp3) is 0.400. The van der Waals surface area contributed by atoms with Gasteiger partial charge in [-0.05, 0) is 33.8 Å². The van der Waals surface area contributed by atoms with E-state index in [-0.39, 0.29) is 35.6 Å². The predicted molar refractivity (Wildman–Crippen MR) is 196 cm³/mol. The van der Waals surface area contributed by atoms with Gasteiger partial charge in [0, 0.05) is 0 Å². The van der Waals surface area contributed by atoms with Crippen molar-refractivity contribution in [2.45, 2.75) is 99.3 Å². The van der Waals surface area contributed by atoms with E-state index in [1.54, 1.807) is 0 Å². The van der Waals surface area contributed by atoms with Crippen molar-refractivity contribution in [1.29, 1.82) is 0 Å². The van der Waals surface area contributed by atoms with E-state index in [2.05, 4.69) is 178 Å². The van der Waals surface area contributed by atoms with E-state index in [1.165, 1.54) is 84.8 Å². The van der Waals surface area contributed by atoms with Gasteiger partial charge in [-0.1, -0.05) is 112 Å². The van der Waals surface area contributed by atoms with Crippen LogP contribution < -0.4 is 24.8 Å². The molecule has 0 saturated carbocycles. The Bertz CT molecular complexity index is 1530. The van der Waals surface area contributed by atoms with Gasteiger partial charge in [0.15, 0.2) is 0 Å². The van der Waals surface area contributed by atoms with Crippen LogP contribution in [0.3, 0.4) is 0 Å². The maximum absolute atomic E-state index is 3.67. The molecule has 4 aromatic rings. The Kier molecular flexibility index (Phi) is 15.6. The van der Waals surface area contributed by atoms with Gasteiger partial charge in [0.2, 0.25) is 0 Å². The second-order valence-electron chi connectivity index (χ2n) is 16.1. The Morgan fingerprint density at radius 3 is 1.69 bits per heavy atom. The minimum absolute atomic E-state index is 0. The van der Waals surface area contributed by atoms with Crippen LogP contribution in [0.2, 0.25) is 0 Å². The molecule has 48 heavy (non-hydrogen) atoms. The third-order valence-corrected chi connectivity index (χ3v) is 10.7. The predicted octanol–water partition coefficient (Wildman–Crippen LogP) is 5.90. The molecule has 0 aromatic heterocycles. The van der Waals surface area contributed by atoms with Gasteiger partial charge in [-0.25, -0.2) is 0 Å². The third-order valence-electron chi connectivity index (χ3n) is 9.27. The number of rotatable bonds is 3. The Balaban J connectivity index is 0.000000260. The van der Waals surface area contributed by atoms with Gasteiger partial charge in [0.25, 0.3) is 0 Å². The standard InChI is InChI=1S/C21H25.C13H10.C11H19.2ClH.Zr/c1-20(2,3)16-7-9-18-14(12-16)11-15-13-17(21(4,5)6)8-10-19(15)18;1-3-7-12(8-4-1)11-13-9-5-2-6-10-13;1-5-9-6-7-10(8-9)11(2,3)4;;;/h7-10,12H,11H2,1-6H3;1-10H;7,9-10H,5,8H2,1-4H3;2*1H;/q-1;;-1;;;+2/p-2. The second kappa shape index (κ2) is 17.7. The van der Waals surface area contributed by atoms with Crippen LogP contribution >= 0.6 is 0 Å². The summed E-state index contributed by atoms with van der Waals surface area (Å²) in [6, 6.07) is 36.3. The number of hydrogen-bond acceptors (Lipinski definition) is 0. The average Bonchev–Trinajstić information content (AvgIpc) is 3.66. The molecule has 0 fully saturated rings. The molecule has 0 saturated heterocycles. The fourth-order valence-electron chi connectivity index (χ4n) is 5.99. The van der Waals surface area contributed by atoms with Crippen LogP contribution in [-0.4, -0.2) is 3.21 Å². The summed E-state index contributed by atoms with van der Waals surface area (Å²) in [4.78, 5) is 0. The fourth-order valence-corrected chi connectivity index (χ4v) is 6.81. The van der Waals surface area contributed by atoms with Crippen molar-refractivity contribution < 1.29 is 49.0 Å². The molecule has 6 rings (SSSR count). The summed E-state index contributed by atoms with van der Waals surface area (Å²) in [5.41, 5.74) is 11.8. The van der Waals surface area contributed by atoms with E-state index >= 15 is 0 Å². The van der Waals surface area contributed by atoms with Crippen LogP contribution in [0.4, 0.5) is 0 Å². The Labute approximate surface area is 320 Å². The molecular formula is C45H54Cl2Zr-2. The number of benzene rings is 4. The SMILES string of the molecule is CC(C)(C)c1[c-]c2c(cc1)-c1ccc(C(C)(C)C)cc1C2.CCC1[C-]=CC(C(C)(C)C)C1.[Cl-].[Cl-].[Zr+2]=[C](c1ccccc1)c1ccccc1. The summed E-state index contributed by atoms with van der Waals surface area (Å²) in [7, 11) is 0. The van der Waals surface area contributed by atoms with Crippen LogP contribution in [0.1, 0.15) is 115 Å². The third kappa shape index (κ3) is 11.2. The van der Waals surface area contributed by atoms with Crippen molar-refractivity contribution in [3.63, 3.8) is 0 Å². The summed E-state index contributed by atoms with van der Waals surface area (Å²) in [6.45, 7) is 22.8. The molecular weight excluding hydrogens is 703 g/mol. The Morgan fingerprint density at radius 2 is 1.25 bits per heavy atom. The van der Waals surface area contributed by atoms with Crippen LogP contribution in [0.15, 0.2) is 97.1 Å². The molecule has 0 heterocycles. The van der Waals surface area contributed by atoms with Gasteiger partial charge in [0.1, 0.15) is 0 Å². The zero-order chi connectivity index (χ0) is 33.7. The Morgan fingerprint density at radius 1 is 0.708 bits per heavy atom. The first-order valence-corrected chi connectivity index (χ1v) is 18.3. The van der Waals surface area contributed by atoms with E-state index in [0.29, 0.717) is 5.41 Å². The molecule has 0 amide bonds. The zero-order valence-electron chi connectivity index (χ0n) is 30.8. The molecule has 0 aliphatic heterocycles. The average molecular weight is 757 g/mol. The minimum atomic E-state index is 0. The number of halogens is 2. The molecule has 3 heteroatoms. The van der Waals surface area contributed by atoms with E-state index in [1.807, 2.05) is 0 Å². The summed E-state index contributed by atoms with van der Waals surface area (Å²) in [5, 5.41) is 0. The van der Waals surface area contributed by atoms with Gasteiger partial charge in [0.05, 0.1) is 0 Å². The molecule has 2 unspecified atom stereocenters. The van der Waals surface area contributed by atoms with Gasteiger partial charge >= 0.3 is 99.2 Å². The molecule has 2 atom stereocenters. The van der Waals surface area contributed by atoms with E-state index in [0.717, 1.165) is 18.3 Å². The molecule has 0 spiro atoms. The van der Waals surface area contributed by atoms with Gasteiger partial charge in [-0.2, -0.15) is 29.7 Å². The zero-order valence-corrected chi connectivity index (χ0v) is 34.7. The van der Waals surface area contributed by atoms with Crippen molar-refractivity contribution in [1.82, 2.24) is 0 Å². The van der Waals surface area contributed by atoms with Crippen molar-refractivity contribution in [3.05, 3.63) is 143 Å². The molecule has 0 N–H and O–H groups in total. The van der Waals surface area contributed by atoms with Crippen molar-refractivity contribution >= 4 is 3.21 Å². The summed E-state index contributed by atoms with van der Waals surface area (Å²) in [5.74, 6) is 1.49. The number of hydrogen-bond donors (Lipinski definition) is 0. The molecule has 0 nitrogen and oxygen atoms in total. The molecule has 2 aliphatic carbocycles. The quantitative estimate of drug-likeness (QED) is 0.202. The van der Waals surface area contributed by atoms with Crippen LogP contribution in [0.5, 0.6) is 0 Å². The van der Waals surface area contributed by atoms with Crippen molar-refractivity contribution in [2.24, 2.45) is 17.3 Å². The molecule has 4 aromatic carbocycles. The monoisotopic (exact) mass is 754 g/mol. The number of allylic oxidation sites excluding steroid dienone is 2. The second-order valence-corrected chi connectivity index (χ2v) is 17.3. The molecule has 0 radical (unpaired) electrons. The van der Waals surface area contributed by atoms with Crippen molar-refractivity contribution in [2.75, 3.05) is 0 Å². The molecule has 254 valence electrons. The first kappa shape index (κ1) is 42.1. The molecule has 2 aliphatic rings. The van der Waals surface area contributed by atoms with E-state index < -0.39 is 0 Å². The van der Waals surface area contributed by atoms with Gasteiger partial charge < -0.3 is 30.9 Å². The van der Waals surface area contributed by atoms with Crippen molar-refractivity contribution in [3.8, 4) is 11.1 Å². The normalized spacial score (nSPS) is 16.2. The van der Waals surface area contributed by atoms with Crippen LogP contribution in [-0.2, 0) is 41.5 Å². The molecule has 0 bridgehead atoms. The topological polar surface area (TPSA) is 0 Å². The van der Waals surface area contributed by atoms with Gasteiger partial charge in [-0.15, -0.1) is 11.1 Å². The first-order chi connectivity index (χ1) is 21.6. The first-order valence-electron chi connectivity index (χ1n) is 17.1. The maximum atomic E-state index is 3.67. The van der Waals surface area contributed by atoms with Crippen LogP contribution in [0, 0.1) is 29.4 Å². The summed E-state index contributed by atoms with van der Waals surface area (Å²) in [6.07, 6.45) is 9.32. The van der Waals surface area contributed by atoms with Gasteiger partial charge in [-0.3, -0.25) is 6.08 Å². The summed E-state index contributed by atoms with van der Waals surface area (Å²) < 4.78 is 1.42. The number of fused-ring (bicyclic) bond motifs is 3. The van der Waals surface area contributed by atoms with Crippen LogP contribution in [0.25, 0.3) is 11.1 Å². The van der Waals surface area contributed by atoms with E-state index in [4.69, 9.17) is 0 Å².